The lowest BCUT2D eigenvalue weighted by Gasteiger charge is -2.32. The fourth-order valence-corrected chi connectivity index (χ4v) is 4.93. The molecule has 2 aromatic rings. The molecule has 9 heteroatoms. The Bertz CT molecular complexity index is 1040. The van der Waals surface area contributed by atoms with Crippen molar-refractivity contribution in [2.75, 3.05) is 37.9 Å². The maximum Gasteiger partial charge on any atom is 0.292 e. The Morgan fingerprint density at radius 3 is 2.48 bits per heavy atom. The molecule has 3 heterocycles. The molecule has 31 heavy (non-hydrogen) atoms. The standard InChI is InChI=1S/C22H21Cl2N3O4/c23-16-3-2-15(10-17(16)24)27-21(28)11-18(22(27)29)26-7-5-25(6-8-26)12-14-1-4-19-20(9-14)31-13-30-19/h1-4,9-10,18H,5-8,11-13H2/p+2/t18-/m1/s1. The van der Waals surface area contributed by atoms with Crippen molar-refractivity contribution in [3.8, 4) is 11.5 Å². The summed E-state index contributed by atoms with van der Waals surface area (Å²) in [5.74, 6) is 1.26. The molecule has 0 unspecified atom stereocenters. The van der Waals surface area contributed by atoms with E-state index >= 15 is 0 Å². The molecule has 162 valence electrons. The molecule has 3 aliphatic heterocycles. The van der Waals surface area contributed by atoms with E-state index in [9.17, 15) is 9.59 Å². The summed E-state index contributed by atoms with van der Waals surface area (Å²) in [4.78, 5) is 29.6. The highest BCUT2D eigenvalue weighted by atomic mass is 35.5. The van der Waals surface area contributed by atoms with Crippen LogP contribution < -0.4 is 24.2 Å². The number of carbonyl (C=O) groups is 2. The van der Waals surface area contributed by atoms with Crippen molar-refractivity contribution >= 4 is 40.7 Å². The van der Waals surface area contributed by atoms with E-state index in [1.54, 1.807) is 18.2 Å². The van der Waals surface area contributed by atoms with Gasteiger partial charge in [0.2, 0.25) is 12.7 Å². The van der Waals surface area contributed by atoms with Crippen molar-refractivity contribution in [1.82, 2.24) is 0 Å². The van der Waals surface area contributed by atoms with Crippen LogP contribution in [0.1, 0.15) is 12.0 Å². The van der Waals surface area contributed by atoms with Gasteiger partial charge in [-0.25, -0.2) is 4.90 Å². The zero-order valence-corrected chi connectivity index (χ0v) is 18.3. The Hall–Kier alpha value is -2.32. The zero-order valence-electron chi connectivity index (χ0n) is 16.8. The normalized spacial score (nSPS) is 25.4. The van der Waals surface area contributed by atoms with Crippen LogP contribution in [0.3, 0.4) is 0 Å². The summed E-state index contributed by atoms with van der Waals surface area (Å²) >= 11 is 12.1. The lowest BCUT2D eigenvalue weighted by molar-refractivity contribution is -1.02. The van der Waals surface area contributed by atoms with Gasteiger partial charge >= 0.3 is 0 Å². The second kappa shape index (κ2) is 8.31. The molecule has 2 fully saturated rings. The summed E-state index contributed by atoms with van der Waals surface area (Å²) in [6.07, 6.45) is 0.228. The Balaban J connectivity index is 1.21. The highest BCUT2D eigenvalue weighted by Gasteiger charge is 2.47. The van der Waals surface area contributed by atoms with E-state index in [0.717, 1.165) is 44.2 Å². The molecule has 2 amide bonds. The molecule has 5 rings (SSSR count). The summed E-state index contributed by atoms with van der Waals surface area (Å²) in [6, 6.07) is 10.6. The second-order valence-electron chi connectivity index (χ2n) is 8.20. The van der Waals surface area contributed by atoms with Gasteiger partial charge in [-0.05, 0) is 36.4 Å². The number of carbonyl (C=O) groups excluding carboxylic acids is 2. The molecule has 0 radical (unpaired) electrons. The molecular weight excluding hydrogens is 441 g/mol. The van der Waals surface area contributed by atoms with Crippen LogP contribution in [0.2, 0.25) is 10.0 Å². The number of amides is 2. The SMILES string of the molecule is O=C1C[C@@H]([NH+]2CC[NH+](Cc3ccc4c(c3)OCO4)CC2)C(=O)N1c1ccc(Cl)c(Cl)c1. The largest absolute Gasteiger partial charge is 0.454 e. The van der Waals surface area contributed by atoms with Crippen LogP contribution in [0.15, 0.2) is 36.4 Å². The third-order valence-corrected chi connectivity index (χ3v) is 7.03. The van der Waals surface area contributed by atoms with E-state index in [4.69, 9.17) is 32.7 Å². The molecule has 0 aliphatic carbocycles. The quantitative estimate of drug-likeness (QED) is 0.641. The molecule has 2 N–H and O–H groups in total. The number of anilines is 1. The number of nitrogens with zero attached hydrogens (tertiary/aromatic N) is 1. The van der Waals surface area contributed by atoms with Crippen LogP contribution in [0.5, 0.6) is 11.5 Å². The lowest BCUT2D eigenvalue weighted by atomic mass is 10.1. The first-order valence-electron chi connectivity index (χ1n) is 10.4. The van der Waals surface area contributed by atoms with Gasteiger partial charge in [-0.1, -0.05) is 23.2 Å². The fraction of sp³-hybridized carbons (Fsp3) is 0.364. The van der Waals surface area contributed by atoms with Gasteiger partial charge in [-0.3, -0.25) is 9.59 Å². The molecule has 0 spiro atoms. The number of rotatable bonds is 4. The minimum absolute atomic E-state index is 0.155. The Morgan fingerprint density at radius 2 is 1.71 bits per heavy atom. The summed E-state index contributed by atoms with van der Waals surface area (Å²) in [5.41, 5.74) is 1.69. The van der Waals surface area contributed by atoms with Gasteiger partial charge in [0.1, 0.15) is 32.7 Å². The third-order valence-electron chi connectivity index (χ3n) is 6.29. The van der Waals surface area contributed by atoms with Crippen LogP contribution in [0, 0.1) is 0 Å². The van der Waals surface area contributed by atoms with Gasteiger partial charge < -0.3 is 19.3 Å². The molecule has 7 nitrogen and oxygen atoms in total. The Labute approximate surface area is 190 Å². The van der Waals surface area contributed by atoms with Crippen molar-refractivity contribution in [1.29, 1.82) is 0 Å². The predicted molar refractivity (Wildman–Crippen MR) is 115 cm³/mol. The van der Waals surface area contributed by atoms with Crippen LogP contribution in [-0.2, 0) is 16.1 Å². The first-order chi connectivity index (χ1) is 15.0. The second-order valence-corrected chi connectivity index (χ2v) is 9.01. The zero-order chi connectivity index (χ0) is 21.5. The number of quaternary nitrogens is 2. The first kappa shape index (κ1) is 20.6. The number of ether oxygens (including phenoxy) is 2. The number of halogens is 2. The summed E-state index contributed by atoms with van der Waals surface area (Å²) < 4.78 is 10.8. The van der Waals surface area contributed by atoms with Crippen LogP contribution in [-0.4, -0.2) is 50.8 Å². The number of hydrogen-bond acceptors (Lipinski definition) is 4. The van der Waals surface area contributed by atoms with Gasteiger partial charge in [0, 0.05) is 5.56 Å². The van der Waals surface area contributed by atoms with Crippen molar-refractivity contribution in [2.45, 2.75) is 19.0 Å². The highest BCUT2D eigenvalue weighted by molar-refractivity contribution is 6.42. The average Bonchev–Trinajstić information content (AvgIpc) is 3.34. The van der Waals surface area contributed by atoms with Gasteiger partial charge in [-0.15, -0.1) is 0 Å². The van der Waals surface area contributed by atoms with Gasteiger partial charge in [0.25, 0.3) is 5.91 Å². The van der Waals surface area contributed by atoms with Crippen LogP contribution in [0.25, 0.3) is 0 Å². The van der Waals surface area contributed by atoms with E-state index in [0.29, 0.717) is 15.7 Å². The molecule has 0 aromatic heterocycles. The summed E-state index contributed by atoms with van der Waals surface area (Å²) in [7, 11) is 0. The van der Waals surface area contributed by atoms with E-state index in [2.05, 4.69) is 6.07 Å². The number of imide groups is 1. The molecule has 3 aliphatic rings. The lowest BCUT2D eigenvalue weighted by Crippen LogP contribution is -3.29. The fourth-order valence-electron chi connectivity index (χ4n) is 4.64. The highest BCUT2D eigenvalue weighted by Crippen LogP contribution is 2.32. The topological polar surface area (TPSA) is 64.7 Å². The van der Waals surface area contributed by atoms with Crippen molar-refractivity contribution in [3.63, 3.8) is 0 Å². The van der Waals surface area contributed by atoms with E-state index < -0.39 is 0 Å². The molecular formula is C22H23Cl2N3O4+2. The predicted octanol–water partition coefficient (Wildman–Crippen LogP) is 0.338. The Morgan fingerprint density at radius 1 is 0.935 bits per heavy atom. The van der Waals surface area contributed by atoms with E-state index in [1.165, 1.54) is 20.3 Å². The van der Waals surface area contributed by atoms with Gasteiger partial charge in [-0.2, -0.15) is 0 Å². The smallest absolute Gasteiger partial charge is 0.292 e. The van der Waals surface area contributed by atoms with Crippen molar-refractivity contribution in [3.05, 3.63) is 52.0 Å². The van der Waals surface area contributed by atoms with Gasteiger partial charge in [0.05, 0.1) is 22.2 Å². The number of nitrogens with one attached hydrogen (secondary N) is 2. The van der Waals surface area contributed by atoms with Gasteiger partial charge in [0.15, 0.2) is 17.5 Å². The summed E-state index contributed by atoms with van der Waals surface area (Å²) in [5, 5.41) is 0.726. The number of fused-ring (bicyclic) bond motifs is 1. The minimum atomic E-state index is -0.339. The number of benzene rings is 2. The first-order valence-corrected chi connectivity index (χ1v) is 11.1. The number of hydrogen-bond donors (Lipinski definition) is 2. The molecule has 1 atom stereocenters. The molecule has 0 saturated carbocycles. The maximum absolute atomic E-state index is 13.1. The van der Waals surface area contributed by atoms with Crippen LogP contribution in [0.4, 0.5) is 5.69 Å². The van der Waals surface area contributed by atoms with E-state index in [1.807, 2.05) is 12.1 Å². The molecule has 0 bridgehead atoms. The summed E-state index contributed by atoms with van der Waals surface area (Å²) in [6.45, 7) is 4.75. The van der Waals surface area contributed by atoms with Crippen molar-refractivity contribution in [2.24, 2.45) is 0 Å². The molecule has 2 aromatic carbocycles. The number of piperazine rings is 1. The van der Waals surface area contributed by atoms with Crippen molar-refractivity contribution < 1.29 is 28.9 Å². The monoisotopic (exact) mass is 463 g/mol. The maximum atomic E-state index is 13.1. The Kier molecular flexibility index (Phi) is 5.52. The average molecular weight is 464 g/mol. The molecule has 2 saturated heterocycles. The minimum Gasteiger partial charge on any atom is -0.454 e. The third kappa shape index (κ3) is 3.99. The van der Waals surface area contributed by atoms with Crippen LogP contribution >= 0.6 is 23.2 Å². The van der Waals surface area contributed by atoms with E-state index in [-0.39, 0.29) is 31.1 Å².